The van der Waals surface area contributed by atoms with Crippen molar-refractivity contribution in [2.75, 3.05) is 13.2 Å². The molecule has 2 heterocycles. The Morgan fingerprint density at radius 3 is 1.34 bits per heavy atom. The van der Waals surface area contributed by atoms with E-state index in [0.717, 1.165) is 39.5 Å². The van der Waals surface area contributed by atoms with Gasteiger partial charge in [-0.15, -0.1) is 0 Å². The van der Waals surface area contributed by atoms with Gasteiger partial charge in [0.2, 0.25) is 5.76 Å². The van der Waals surface area contributed by atoms with Crippen molar-refractivity contribution in [3.63, 3.8) is 0 Å². The van der Waals surface area contributed by atoms with Gasteiger partial charge in [-0.1, -0.05) is 135 Å². The average Bonchev–Trinajstić information content (AvgIpc) is 3.88. The van der Waals surface area contributed by atoms with E-state index in [9.17, 15) is 58.8 Å². The first-order valence-corrected chi connectivity index (χ1v) is 25.9. The van der Waals surface area contributed by atoms with Crippen molar-refractivity contribution in [2.45, 2.75) is 151 Å². The number of hydrogen-bond acceptors (Lipinski definition) is 18. The van der Waals surface area contributed by atoms with Gasteiger partial charge in [0.05, 0.1) is 31.8 Å². The standard InChI is InChI=1S/C61H74O18/c1-35(18-14-20-37(3)22-24-42-39(5)54(70)47(31-60(42,8)9)76-51(67)28-26-49(65)74-33-45(63)57-41(7)56(72)59(73)79-57)16-12-13-17-36(2)19-15-21-38(4)23-25-43-40(6)55(71)48(32-61(43,10)11)77-52(68)29-27-50(66)75-34-46(64)58-44(62)30-53(69)78-58/h12-25,30,45-48,57-58,62-64,72H,26-29,31-34H2,1-11H3/b13-12+,18-14+,19-15+,24-22+,25-23+,35-16+,36-17+,37-20+,38-21+. The SMILES string of the molecule is CC1=C(/C=C/C(C)=C/C=C/C(C)=C/C=C/C=C(C)/C=C/C=C(C)/C=C/C2=C(C)C(=O)C(OC(=O)CCC(=O)OCC(O)C3OC(=O)C(O)=C3C)CC2(C)C)C(C)(C)CC(OC(=O)CCC(=O)OCC(O)C2OC(=O)C=C2O)C1=O. The number of Topliss-reactive ketones (excluding diaryl/α,β-unsaturated/α-hetero) is 2. The van der Waals surface area contributed by atoms with Crippen LogP contribution < -0.4 is 0 Å². The van der Waals surface area contributed by atoms with Crippen LogP contribution in [0.15, 0.2) is 153 Å². The van der Waals surface area contributed by atoms with E-state index in [4.69, 9.17) is 28.4 Å². The molecule has 4 N–H and O–H groups in total. The molecule has 0 spiro atoms. The first kappa shape index (κ1) is 63.8. The summed E-state index contributed by atoms with van der Waals surface area (Å²) >= 11 is 0. The number of hydrogen-bond donors (Lipinski definition) is 4. The van der Waals surface area contributed by atoms with Crippen LogP contribution >= 0.6 is 0 Å². The van der Waals surface area contributed by atoms with Crippen molar-refractivity contribution in [1.82, 2.24) is 0 Å². The van der Waals surface area contributed by atoms with E-state index in [1.807, 2.05) is 140 Å². The predicted octanol–water partition coefficient (Wildman–Crippen LogP) is 8.50. The van der Waals surface area contributed by atoms with Crippen LogP contribution in [0.2, 0.25) is 0 Å². The molecular weight excluding hydrogens is 1020 g/mol. The van der Waals surface area contributed by atoms with Crippen molar-refractivity contribution < 1.29 is 87.2 Å². The summed E-state index contributed by atoms with van der Waals surface area (Å²) in [5.74, 6) is -6.70. The fourth-order valence-electron chi connectivity index (χ4n) is 8.90. The zero-order valence-corrected chi connectivity index (χ0v) is 46.8. The summed E-state index contributed by atoms with van der Waals surface area (Å²) in [6, 6.07) is 0. The molecule has 79 heavy (non-hydrogen) atoms. The molecule has 4 aliphatic rings. The number of cyclic esters (lactones) is 2. The topological polar surface area (TPSA) is 273 Å². The van der Waals surface area contributed by atoms with Crippen molar-refractivity contribution in [3.05, 3.63) is 153 Å². The van der Waals surface area contributed by atoms with Gasteiger partial charge in [0.25, 0.3) is 0 Å². The van der Waals surface area contributed by atoms with Gasteiger partial charge in [0.15, 0.2) is 36.0 Å². The molecule has 18 nitrogen and oxygen atoms in total. The van der Waals surface area contributed by atoms with Crippen molar-refractivity contribution in [2.24, 2.45) is 10.8 Å². The first-order valence-electron chi connectivity index (χ1n) is 25.9. The molecule has 426 valence electrons. The quantitative estimate of drug-likeness (QED) is 0.0400. The highest BCUT2D eigenvalue weighted by Gasteiger charge is 2.42. The van der Waals surface area contributed by atoms with Gasteiger partial charge < -0.3 is 48.8 Å². The smallest absolute Gasteiger partial charge is 0.374 e. The van der Waals surface area contributed by atoms with Gasteiger partial charge in [-0.3, -0.25) is 28.8 Å². The fraction of sp³-hybridized carbons (Fsp3) is 0.443. The number of aliphatic hydroxyl groups is 4. The van der Waals surface area contributed by atoms with Crippen molar-refractivity contribution in [1.29, 1.82) is 0 Å². The molecule has 4 rings (SSSR count). The second-order valence-electron chi connectivity index (χ2n) is 21.1. The highest BCUT2D eigenvalue weighted by molar-refractivity contribution is 6.02. The molecule has 2 aliphatic heterocycles. The maximum atomic E-state index is 13.3. The van der Waals surface area contributed by atoms with E-state index < -0.39 is 108 Å². The number of ether oxygens (including phenoxy) is 6. The monoisotopic (exact) mass is 1090 g/mol. The van der Waals surface area contributed by atoms with Gasteiger partial charge in [-0.2, -0.15) is 0 Å². The van der Waals surface area contributed by atoms with Gasteiger partial charge in [0.1, 0.15) is 31.2 Å². The number of aliphatic hydroxyl groups excluding tert-OH is 4. The van der Waals surface area contributed by atoms with Crippen LogP contribution in [0.5, 0.6) is 0 Å². The van der Waals surface area contributed by atoms with Crippen LogP contribution in [0.4, 0.5) is 0 Å². The predicted molar refractivity (Wildman–Crippen MR) is 291 cm³/mol. The molecule has 0 aromatic carbocycles. The maximum Gasteiger partial charge on any atom is 0.374 e. The zero-order chi connectivity index (χ0) is 58.9. The molecule has 2 aliphatic carbocycles. The van der Waals surface area contributed by atoms with Gasteiger partial charge in [0, 0.05) is 18.4 Å². The lowest BCUT2D eigenvalue weighted by atomic mass is 9.71. The minimum absolute atomic E-state index is 0.114. The first-order chi connectivity index (χ1) is 37.0. The molecular formula is C61H74O18. The molecule has 6 atom stereocenters. The summed E-state index contributed by atoms with van der Waals surface area (Å²) in [5.41, 5.74) is 5.55. The third-order valence-electron chi connectivity index (χ3n) is 13.4. The summed E-state index contributed by atoms with van der Waals surface area (Å²) in [7, 11) is 0. The molecule has 0 aromatic rings. The number of ketones is 2. The van der Waals surface area contributed by atoms with Gasteiger partial charge >= 0.3 is 35.8 Å². The highest BCUT2D eigenvalue weighted by atomic mass is 16.6. The number of esters is 6. The Morgan fingerprint density at radius 1 is 0.582 bits per heavy atom. The number of allylic oxidation sites excluding steroid dienone is 20. The Hall–Kier alpha value is -7.70. The Bertz CT molecular complexity index is 2820. The molecule has 0 fully saturated rings. The van der Waals surface area contributed by atoms with Crippen LogP contribution in [0, 0.1) is 10.8 Å². The van der Waals surface area contributed by atoms with Gasteiger partial charge in [-0.05, 0) is 81.6 Å². The Balaban J connectivity index is 1.20. The minimum Gasteiger partial charge on any atom is -0.508 e. The lowest BCUT2D eigenvalue weighted by molar-refractivity contribution is -0.160. The molecule has 0 saturated heterocycles. The van der Waals surface area contributed by atoms with Crippen LogP contribution in [-0.2, 0) is 66.8 Å². The van der Waals surface area contributed by atoms with Crippen LogP contribution in [0.3, 0.4) is 0 Å². The second-order valence-corrected chi connectivity index (χ2v) is 21.1. The van der Waals surface area contributed by atoms with Crippen molar-refractivity contribution >= 4 is 47.4 Å². The number of carbonyl (C=O) groups excluding carboxylic acids is 8. The molecule has 0 radical (unpaired) electrons. The summed E-state index contributed by atoms with van der Waals surface area (Å²) in [6.07, 6.45) is 19.6. The fourth-order valence-corrected chi connectivity index (χ4v) is 8.90. The van der Waals surface area contributed by atoms with E-state index in [0.29, 0.717) is 11.1 Å². The minimum atomic E-state index is -1.50. The third-order valence-corrected chi connectivity index (χ3v) is 13.4. The van der Waals surface area contributed by atoms with E-state index in [-0.39, 0.29) is 55.7 Å². The summed E-state index contributed by atoms with van der Waals surface area (Å²) in [5, 5.41) is 39.6. The zero-order valence-electron chi connectivity index (χ0n) is 46.8. The van der Waals surface area contributed by atoms with E-state index in [1.165, 1.54) is 6.92 Å². The number of rotatable bonds is 24. The molecule has 6 unspecified atom stereocenters. The molecule has 0 bridgehead atoms. The summed E-state index contributed by atoms with van der Waals surface area (Å²) < 4.78 is 30.6. The lowest BCUT2D eigenvalue weighted by Crippen LogP contribution is -2.39. The summed E-state index contributed by atoms with van der Waals surface area (Å²) in [6.45, 7) is 19.4. The average molecular weight is 1100 g/mol. The molecule has 0 amide bonds. The van der Waals surface area contributed by atoms with Gasteiger partial charge in [-0.25, -0.2) is 9.59 Å². The Morgan fingerprint density at radius 2 is 0.962 bits per heavy atom. The van der Waals surface area contributed by atoms with E-state index in [1.54, 1.807) is 13.8 Å². The third kappa shape index (κ3) is 19.0. The lowest BCUT2D eigenvalue weighted by Gasteiger charge is -2.36. The van der Waals surface area contributed by atoms with Crippen LogP contribution in [0.1, 0.15) is 115 Å². The van der Waals surface area contributed by atoms with Crippen LogP contribution in [-0.4, -0.2) is 118 Å². The normalized spacial score (nSPS) is 23.1. The number of carbonyl (C=O) groups is 8. The Kier molecular flexibility index (Phi) is 23.3. The molecule has 18 heteroatoms. The summed E-state index contributed by atoms with van der Waals surface area (Å²) in [4.78, 5) is 99.2. The van der Waals surface area contributed by atoms with E-state index in [2.05, 4.69) is 0 Å². The maximum absolute atomic E-state index is 13.3. The van der Waals surface area contributed by atoms with E-state index >= 15 is 0 Å². The second kappa shape index (κ2) is 28.8. The molecule has 0 saturated carbocycles. The Labute approximate surface area is 461 Å². The molecule has 0 aromatic heterocycles. The largest absolute Gasteiger partial charge is 0.508 e. The van der Waals surface area contributed by atoms with Crippen molar-refractivity contribution in [3.8, 4) is 0 Å². The van der Waals surface area contributed by atoms with Crippen LogP contribution in [0.25, 0.3) is 0 Å². The highest BCUT2D eigenvalue weighted by Crippen LogP contribution is 2.42.